The van der Waals surface area contributed by atoms with Gasteiger partial charge in [0.15, 0.2) is 0 Å². The molecule has 0 saturated heterocycles. The Bertz CT molecular complexity index is 986. The minimum absolute atomic E-state index is 0.348. The Labute approximate surface area is 180 Å². The van der Waals surface area contributed by atoms with Gasteiger partial charge in [-0.25, -0.2) is 4.79 Å². The van der Waals surface area contributed by atoms with Crippen LogP contribution in [0.5, 0.6) is 5.75 Å². The van der Waals surface area contributed by atoms with Gasteiger partial charge in [-0.05, 0) is 54.5 Å². The van der Waals surface area contributed by atoms with Crippen LogP contribution in [0, 0.1) is 0 Å². The summed E-state index contributed by atoms with van der Waals surface area (Å²) in [6, 6.07) is 23.8. The third-order valence-electron chi connectivity index (χ3n) is 3.95. The van der Waals surface area contributed by atoms with Crippen LogP contribution in [-0.2, 0) is 16.1 Å². The first-order valence-corrected chi connectivity index (χ1v) is 10.4. The molecule has 0 saturated carbocycles. The molecule has 0 bridgehead atoms. The highest BCUT2D eigenvalue weighted by Crippen LogP contribution is 2.33. The zero-order valence-electron chi connectivity index (χ0n) is 16.0. The summed E-state index contributed by atoms with van der Waals surface area (Å²) in [5.74, 6) is 0.438. The maximum absolute atomic E-state index is 11.4. The third-order valence-corrected chi connectivity index (χ3v) is 5.25. The van der Waals surface area contributed by atoms with E-state index in [0.29, 0.717) is 18.2 Å². The van der Waals surface area contributed by atoms with E-state index in [2.05, 4.69) is 0 Å². The average Bonchev–Trinajstić information content (AvgIpc) is 2.73. The van der Waals surface area contributed by atoms with Crippen molar-refractivity contribution in [2.45, 2.75) is 23.3 Å². The lowest BCUT2D eigenvalue weighted by Crippen LogP contribution is -1.98. The van der Waals surface area contributed by atoms with Gasteiger partial charge >= 0.3 is 5.97 Å². The van der Waals surface area contributed by atoms with E-state index in [0.717, 1.165) is 26.7 Å². The summed E-state index contributed by atoms with van der Waals surface area (Å²) in [6.07, 6.45) is 3.04. The van der Waals surface area contributed by atoms with Crippen molar-refractivity contribution in [2.75, 3.05) is 6.61 Å². The standard InChI is InChI=1S/C24H21ClO3S/c1-2-27-24(26)14-12-19-11-13-22(16-23(19)25)29-21-10-6-9-20(15-21)28-17-18-7-4-3-5-8-18/h3-16H,2,17H2,1H3. The van der Waals surface area contributed by atoms with Crippen molar-refractivity contribution in [3.63, 3.8) is 0 Å². The van der Waals surface area contributed by atoms with Crippen molar-refractivity contribution >= 4 is 35.4 Å². The van der Waals surface area contributed by atoms with Crippen molar-refractivity contribution < 1.29 is 14.3 Å². The third kappa shape index (κ3) is 6.70. The molecule has 3 aromatic rings. The summed E-state index contributed by atoms with van der Waals surface area (Å²) >= 11 is 7.96. The number of rotatable bonds is 8. The fraction of sp³-hybridized carbons (Fsp3) is 0.125. The molecule has 0 aliphatic carbocycles. The molecule has 0 fully saturated rings. The number of benzene rings is 3. The van der Waals surface area contributed by atoms with Crippen LogP contribution >= 0.6 is 23.4 Å². The lowest BCUT2D eigenvalue weighted by molar-refractivity contribution is -0.137. The number of hydrogen-bond acceptors (Lipinski definition) is 4. The van der Waals surface area contributed by atoms with Crippen molar-refractivity contribution in [1.29, 1.82) is 0 Å². The van der Waals surface area contributed by atoms with Gasteiger partial charge in [-0.1, -0.05) is 65.8 Å². The second-order valence-corrected chi connectivity index (χ2v) is 7.67. The first-order chi connectivity index (χ1) is 14.1. The Morgan fingerprint density at radius 1 is 1.00 bits per heavy atom. The van der Waals surface area contributed by atoms with Gasteiger partial charge in [0.2, 0.25) is 0 Å². The topological polar surface area (TPSA) is 35.5 Å². The van der Waals surface area contributed by atoms with Crippen LogP contribution in [0.25, 0.3) is 6.08 Å². The maximum Gasteiger partial charge on any atom is 0.330 e. The summed E-state index contributed by atoms with van der Waals surface area (Å²) in [7, 11) is 0. The Hall–Kier alpha value is -2.69. The first-order valence-electron chi connectivity index (χ1n) is 9.23. The molecule has 148 valence electrons. The lowest BCUT2D eigenvalue weighted by Gasteiger charge is -2.09. The van der Waals surface area contributed by atoms with E-state index < -0.39 is 0 Å². The maximum atomic E-state index is 11.4. The minimum atomic E-state index is -0.380. The van der Waals surface area contributed by atoms with Gasteiger partial charge in [0.25, 0.3) is 0 Å². The largest absolute Gasteiger partial charge is 0.489 e. The molecule has 0 radical (unpaired) electrons. The van der Waals surface area contributed by atoms with Crippen molar-refractivity contribution in [3.8, 4) is 5.75 Å². The van der Waals surface area contributed by atoms with E-state index >= 15 is 0 Å². The van der Waals surface area contributed by atoms with E-state index in [1.54, 1.807) is 24.8 Å². The number of hydrogen-bond donors (Lipinski definition) is 0. The normalized spacial score (nSPS) is 10.8. The molecule has 0 aliphatic rings. The fourth-order valence-electron chi connectivity index (χ4n) is 2.56. The van der Waals surface area contributed by atoms with Gasteiger partial charge in [0.05, 0.1) is 6.61 Å². The number of carbonyl (C=O) groups is 1. The Morgan fingerprint density at radius 2 is 1.79 bits per heavy atom. The number of ether oxygens (including phenoxy) is 2. The molecule has 3 nitrogen and oxygen atoms in total. The second-order valence-electron chi connectivity index (χ2n) is 6.12. The van der Waals surface area contributed by atoms with Gasteiger partial charge in [0, 0.05) is 20.9 Å². The molecule has 0 N–H and O–H groups in total. The average molecular weight is 425 g/mol. The smallest absolute Gasteiger partial charge is 0.330 e. The molecule has 0 atom stereocenters. The van der Waals surface area contributed by atoms with Gasteiger partial charge in [-0.2, -0.15) is 0 Å². The number of esters is 1. The van der Waals surface area contributed by atoms with Crippen molar-refractivity contribution in [3.05, 3.63) is 95.0 Å². The molecular formula is C24H21ClO3S. The number of carbonyl (C=O) groups excluding carboxylic acids is 1. The highest BCUT2D eigenvalue weighted by molar-refractivity contribution is 7.99. The molecule has 0 unspecified atom stereocenters. The van der Waals surface area contributed by atoms with Crippen LogP contribution in [0.2, 0.25) is 5.02 Å². The molecule has 0 aromatic heterocycles. The predicted octanol–water partition coefficient (Wildman–Crippen LogP) is 6.65. The molecule has 29 heavy (non-hydrogen) atoms. The zero-order chi connectivity index (χ0) is 20.5. The van der Waals surface area contributed by atoms with E-state index in [-0.39, 0.29) is 5.97 Å². The van der Waals surface area contributed by atoms with Crippen LogP contribution in [0.3, 0.4) is 0 Å². The summed E-state index contributed by atoms with van der Waals surface area (Å²) < 4.78 is 10.8. The van der Waals surface area contributed by atoms with Gasteiger partial charge < -0.3 is 9.47 Å². The molecule has 0 heterocycles. The highest BCUT2D eigenvalue weighted by atomic mass is 35.5. The Balaban J connectivity index is 1.64. The molecule has 5 heteroatoms. The molecular weight excluding hydrogens is 404 g/mol. The minimum Gasteiger partial charge on any atom is -0.489 e. The molecule has 3 rings (SSSR count). The fourth-order valence-corrected chi connectivity index (χ4v) is 3.77. The lowest BCUT2D eigenvalue weighted by atomic mass is 10.2. The van der Waals surface area contributed by atoms with Crippen LogP contribution < -0.4 is 4.74 Å². The van der Waals surface area contributed by atoms with Crippen LogP contribution in [0.4, 0.5) is 0 Å². The van der Waals surface area contributed by atoms with Gasteiger partial charge in [0.1, 0.15) is 12.4 Å². The van der Waals surface area contributed by atoms with E-state index in [4.69, 9.17) is 21.1 Å². The SMILES string of the molecule is CCOC(=O)C=Cc1ccc(Sc2cccc(OCc3ccccc3)c2)cc1Cl. The molecule has 0 amide bonds. The van der Waals surface area contributed by atoms with E-state index in [9.17, 15) is 4.79 Å². The van der Waals surface area contributed by atoms with Crippen LogP contribution in [-0.4, -0.2) is 12.6 Å². The Morgan fingerprint density at radius 3 is 2.55 bits per heavy atom. The predicted molar refractivity (Wildman–Crippen MR) is 118 cm³/mol. The Kier molecular flexibility index (Phi) is 7.79. The van der Waals surface area contributed by atoms with E-state index in [1.807, 2.05) is 72.8 Å². The monoisotopic (exact) mass is 424 g/mol. The quantitative estimate of drug-likeness (QED) is 0.299. The molecule has 0 spiro atoms. The van der Waals surface area contributed by atoms with Gasteiger partial charge in [-0.3, -0.25) is 0 Å². The summed E-state index contributed by atoms with van der Waals surface area (Å²) in [5.41, 5.74) is 1.90. The second kappa shape index (κ2) is 10.7. The molecule has 0 aliphatic heterocycles. The van der Waals surface area contributed by atoms with Crippen molar-refractivity contribution in [2.24, 2.45) is 0 Å². The summed E-state index contributed by atoms with van der Waals surface area (Å²) in [6.45, 7) is 2.65. The van der Waals surface area contributed by atoms with Crippen LogP contribution in [0.1, 0.15) is 18.1 Å². The van der Waals surface area contributed by atoms with Crippen molar-refractivity contribution in [1.82, 2.24) is 0 Å². The van der Waals surface area contributed by atoms with Gasteiger partial charge in [-0.15, -0.1) is 0 Å². The first kappa shape index (κ1) is 21.0. The van der Waals surface area contributed by atoms with E-state index in [1.165, 1.54) is 6.08 Å². The molecule has 3 aromatic carbocycles. The highest BCUT2D eigenvalue weighted by Gasteiger charge is 2.04. The zero-order valence-corrected chi connectivity index (χ0v) is 17.6. The summed E-state index contributed by atoms with van der Waals surface area (Å²) in [5, 5.41) is 0.576. The number of halogens is 1. The summed E-state index contributed by atoms with van der Waals surface area (Å²) in [4.78, 5) is 13.5. The van der Waals surface area contributed by atoms with Crippen LogP contribution in [0.15, 0.2) is 88.7 Å².